The van der Waals surface area contributed by atoms with E-state index in [4.69, 9.17) is 0 Å². The van der Waals surface area contributed by atoms with Gasteiger partial charge in [0.05, 0.1) is 0 Å². The Kier molecular flexibility index (Phi) is 7.23. The van der Waals surface area contributed by atoms with E-state index in [1.54, 1.807) is 4.68 Å². The van der Waals surface area contributed by atoms with Gasteiger partial charge in [-0.1, -0.05) is 39.5 Å². The van der Waals surface area contributed by atoms with Crippen LogP contribution in [-0.4, -0.2) is 22.2 Å². The molecule has 0 unspecified atom stereocenters. The van der Waals surface area contributed by atoms with Crippen LogP contribution in [0.2, 0.25) is 0 Å². The van der Waals surface area contributed by atoms with E-state index in [0.717, 1.165) is 38.0 Å². The summed E-state index contributed by atoms with van der Waals surface area (Å²) in [6.07, 6.45) is 9.19. The topological polar surface area (TPSA) is 38.1 Å². The Morgan fingerprint density at radius 3 is 2.53 bits per heavy atom. The lowest BCUT2D eigenvalue weighted by Crippen LogP contribution is -2.32. The van der Waals surface area contributed by atoms with Crippen molar-refractivity contribution in [2.45, 2.75) is 58.8 Å². The first-order chi connectivity index (χ1) is 9.19. The predicted octanol–water partition coefficient (Wildman–Crippen LogP) is 3.52. The summed E-state index contributed by atoms with van der Waals surface area (Å²) in [5.74, 6) is 1.000. The zero-order valence-electron chi connectivity index (χ0n) is 12.6. The van der Waals surface area contributed by atoms with Gasteiger partial charge in [-0.05, 0) is 12.8 Å². The molecule has 4 nitrogen and oxygen atoms in total. The van der Waals surface area contributed by atoms with E-state index in [-0.39, 0.29) is 5.91 Å². The van der Waals surface area contributed by atoms with Gasteiger partial charge >= 0.3 is 0 Å². The molecule has 0 fully saturated rings. The van der Waals surface area contributed by atoms with Gasteiger partial charge in [0.25, 0.3) is 0 Å². The molecular formula is C15H27N3O. The number of amides is 1. The molecule has 1 amide bonds. The summed E-state index contributed by atoms with van der Waals surface area (Å²) >= 11 is 0. The fraction of sp³-hybridized carbons (Fsp3) is 0.733. The molecular weight excluding hydrogens is 238 g/mol. The number of unbranched alkanes of at least 4 members (excludes halogenated alkanes) is 4. The fourth-order valence-electron chi connectivity index (χ4n) is 2.07. The van der Waals surface area contributed by atoms with Crippen LogP contribution in [0.4, 0.5) is 5.82 Å². The van der Waals surface area contributed by atoms with E-state index >= 15 is 0 Å². The van der Waals surface area contributed by atoms with Gasteiger partial charge in [-0.2, -0.15) is 5.10 Å². The number of rotatable bonds is 9. The molecule has 0 aromatic carbocycles. The number of hydrogen-bond acceptors (Lipinski definition) is 2. The van der Waals surface area contributed by atoms with Crippen LogP contribution in [0.1, 0.15) is 58.8 Å². The maximum Gasteiger partial charge on any atom is 0.228 e. The summed E-state index contributed by atoms with van der Waals surface area (Å²) in [4.78, 5) is 14.1. The predicted molar refractivity (Wildman–Crippen MR) is 79.2 cm³/mol. The maximum absolute atomic E-state index is 12.3. The molecule has 1 aromatic rings. The molecule has 108 valence electrons. The quantitative estimate of drug-likeness (QED) is 0.641. The van der Waals surface area contributed by atoms with E-state index in [9.17, 15) is 4.79 Å². The first kappa shape index (κ1) is 15.7. The molecule has 0 saturated carbocycles. The number of aromatic nitrogens is 2. The van der Waals surface area contributed by atoms with Crippen LogP contribution < -0.4 is 4.90 Å². The standard InChI is InChI=1S/C15H27N3O/c1-4-6-8-9-10-15(19)18(12-7-5-2)14-11-13-17(3)16-14/h11,13H,4-10,12H2,1-3H3. The van der Waals surface area contributed by atoms with Crippen LogP contribution in [0.25, 0.3) is 0 Å². The van der Waals surface area contributed by atoms with Crippen LogP contribution >= 0.6 is 0 Å². The third-order valence-electron chi connectivity index (χ3n) is 3.26. The summed E-state index contributed by atoms with van der Waals surface area (Å²) in [5.41, 5.74) is 0. The van der Waals surface area contributed by atoms with Crippen molar-refractivity contribution in [2.24, 2.45) is 7.05 Å². The molecule has 19 heavy (non-hydrogen) atoms. The van der Waals surface area contributed by atoms with Crippen molar-refractivity contribution in [1.29, 1.82) is 0 Å². The summed E-state index contributed by atoms with van der Waals surface area (Å²) < 4.78 is 1.75. The van der Waals surface area contributed by atoms with E-state index in [2.05, 4.69) is 18.9 Å². The highest BCUT2D eigenvalue weighted by atomic mass is 16.2. The van der Waals surface area contributed by atoms with Crippen molar-refractivity contribution in [3.8, 4) is 0 Å². The van der Waals surface area contributed by atoms with Crippen LogP contribution in [0.15, 0.2) is 12.3 Å². The Hall–Kier alpha value is -1.32. The first-order valence-corrected chi connectivity index (χ1v) is 7.49. The van der Waals surface area contributed by atoms with Gasteiger partial charge in [-0.3, -0.25) is 14.4 Å². The molecule has 1 heterocycles. The number of carbonyl (C=O) groups excluding carboxylic acids is 1. The van der Waals surface area contributed by atoms with Crippen molar-refractivity contribution < 1.29 is 4.79 Å². The highest BCUT2D eigenvalue weighted by Crippen LogP contribution is 2.14. The first-order valence-electron chi connectivity index (χ1n) is 7.49. The second-order valence-corrected chi connectivity index (χ2v) is 5.06. The number of hydrogen-bond donors (Lipinski definition) is 0. The van der Waals surface area contributed by atoms with Gasteiger partial charge in [-0.25, -0.2) is 0 Å². The van der Waals surface area contributed by atoms with E-state index in [1.165, 1.54) is 12.8 Å². The lowest BCUT2D eigenvalue weighted by atomic mass is 10.1. The van der Waals surface area contributed by atoms with Crippen molar-refractivity contribution in [1.82, 2.24) is 9.78 Å². The lowest BCUT2D eigenvalue weighted by molar-refractivity contribution is -0.118. The molecule has 0 bridgehead atoms. The smallest absolute Gasteiger partial charge is 0.228 e. The molecule has 0 N–H and O–H groups in total. The third-order valence-corrected chi connectivity index (χ3v) is 3.26. The van der Waals surface area contributed by atoms with Gasteiger partial charge < -0.3 is 0 Å². The minimum absolute atomic E-state index is 0.211. The van der Waals surface area contributed by atoms with E-state index in [0.29, 0.717) is 6.42 Å². The highest BCUT2D eigenvalue weighted by Gasteiger charge is 2.16. The van der Waals surface area contributed by atoms with Gasteiger partial charge in [-0.15, -0.1) is 0 Å². The average molecular weight is 265 g/mol. The van der Waals surface area contributed by atoms with Crippen LogP contribution in [0.5, 0.6) is 0 Å². The average Bonchev–Trinajstić information content (AvgIpc) is 2.82. The molecule has 1 rings (SSSR count). The second kappa shape index (κ2) is 8.73. The SMILES string of the molecule is CCCCCCC(=O)N(CCCC)c1ccn(C)n1. The molecule has 0 spiro atoms. The summed E-state index contributed by atoms with van der Waals surface area (Å²) in [6.45, 7) is 5.10. The van der Waals surface area contributed by atoms with Gasteiger partial charge in [0, 0.05) is 32.3 Å². The Morgan fingerprint density at radius 2 is 1.95 bits per heavy atom. The Labute approximate surface area is 116 Å². The molecule has 0 aliphatic carbocycles. The number of anilines is 1. The second-order valence-electron chi connectivity index (χ2n) is 5.06. The Balaban J connectivity index is 2.55. The maximum atomic E-state index is 12.3. The Bertz CT molecular complexity index is 373. The number of carbonyl (C=O) groups is 1. The zero-order valence-corrected chi connectivity index (χ0v) is 12.6. The lowest BCUT2D eigenvalue weighted by Gasteiger charge is -2.20. The van der Waals surface area contributed by atoms with Crippen LogP contribution in [0.3, 0.4) is 0 Å². The number of nitrogens with zero attached hydrogens (tertiary/aromatic N) is 3. The van der Waals surface area contributed by atoms with Crippen molar-refractivity contribution in [3.63, 3.8) is 0 Å². The van der Waals surface area contributed by atoms with Gasteiger partial charge in [0.2, 0.25) is 5.91 Å². The van der Waals surface area contributed by atoms with Crippen LogP contribution in [0, 0.1) is 0 Å². The minimum atomic E-state index is 0.211. The normalized spacial score (nSPS) is 10.7. The van der Waals surface area contributed by atoms with Gasteiger partial charge in [0.1, 0.15) is 0 Å². The van der Waals surface area contributed by atoms with E-state index in [1.807, 2.05) is 24.2 Å². The Morgan fingerprint density at radius 1 is 1.21 bits per heavy atom. The molecule has 1 aromatic heterocycles. The summed E-state index contributed by atoms with van der Waals surface area (Å²) in [5, 5.41) is 4.35. The molecule has 4 heteroatoms. The van der Waals surface area contributed by atoms with Crippen molar-refractivity contribution in [3.05, 3.63) is 12.3 Å². The number of aryl methyl sites for hydroxylation is 1. The van der Waals surface area contributed by atoms with Crippen LogP contribution in [-0.2, 0) is 11.8 Å². The molecule has 0 aliphatic heterocycles. The zero-order chi connectivity index (χ0) is 14.1. The molecule has 0 radical (unpaired) electrons. The molecule has 0 atom stereocenters. The monoisotopic (exact) mass is 265 g/mol. The van der Waals surface area contributed by atoms with Gasteiger partial charge in [0.15, 0.2) is 5.82 Å². The molecule has 0 saturated heterocycles. The third kappa shape index (κ3) is 5.45. The van der Waals surface area contributed by atoms with E-state index < -0.39 is 0 Å². The summed E-state index contributed by atoms with van der Waals surface area (Å²) in [6, 6.07) is 1.92. The van der Waals surface area contributed by atoms with Crippen molar-refractivity contribution in [2.75, 3.05) is 11.4 Å². The summed E-state index contributed by atoms with van der Waals surface area (Å²) in [7, 11) is 1.88. The highest BCUT2D eigenvalue weighted by molar-refractivity contribution is 5.92. The largest absolute Gasteiger partial charge is 0.295 e. The molecule has 0 aliphatic rings. The minimum Gasteiger partial charge on any atom is -0.295 e. The van der Waals surface area contributed by atoms with Crippen molar-refractivity contribution >= 4 is 11.7 Å². The fourth-order valence-corrected chi connectivity index (χ4v) is 2.07.